The van der Waals surface area contributed by atoms with E-state index in [-0.39, 0.29) is 0 Å². The van der Waals surface area contributed by atoms with E-state index in [4.69, 9.17) is 14.5 Å². The second-order valence-electron chi connectivity index (χ2n) is 7.93. The minimum Gasteiger partial charge on any atom is -0.383 e. The molecule has 32 heavy (non-hydrogen) atoms. The molecule has 0 fully saturated rings. The Hall–Kier alpha value is -2.66. The summed E-state index contributed by atoms with van der Waals surface area (Å²) in [4.78, 5) is 12.0. The lowest BCUT2D eigenvalue weighted by Crippen LogP contribution is -2.32. The van der Waals surface area contributed by atoms with Gasteiger partial charge in [0.1, 0.15) is 10.6 Å². The molecule has 4 aromatic rings. The lowest BCUT2D eigenvalue weighted by molar-refractivity contribution is 0.190. The van der Waals surface area contributed by atoms with Gasteiger partial charge in [-0.3, -0.25) is 4.90 Å². The highest BCUT2D eigenvalue weighted by molar-refractivity contribution is 7.19. The molecular weight excluding hydrogens is 426 g/mol. The van der Waals surface area contributed by atoms with Crippen molar-refractivity contribution in [1.29, 1.82) is 0 Å². The first-order valence-corrected chi connectivity index (χ1v) is 11.6. The SMILES string of the molecule is COCCN(CCOC)c1nc2nnnn2c2sc3c(c12)CCN(Cc1ccccc1)C3. The first-order valence-electron chi connectivity index (χ1n) is 10.8. The van der Waals surface area contributed by atoms with Crippen molar-refractivity contribution in [2.24, 2.45) is 0 Å². The topological polar surface area (TPSA) is 80.9 Å². The number of methoxy groups -OCH3 is 2. The number of benzene rings is 1. The molecule has 0 saturated heterocycles. The van der Waals surface area contributed by atoms with Gasteiger partial charge in [-0.25, -0.2) is 0 Å². The maximum absolute atomic E-state index is 5.36. The number of hydrogen-bond acceptors (Lipinski definition) is 9. The van der Waals surface area contributed by atoms with Gasteiger partial charge >= 0.3 is 0 Å². The molecule has 1 aliphatic rings. The van der Waals surface area contributed by atoms with Gasteiger partial charge in [0.05, 0.1) is 18.6 Å². The molecule has 0 saturated carbocycles. The molecule has 168 valence electrons. The van der Waals surface area contributed by atoms with Gasteiger partial charge in [0.15, 0.2) is 0 Å². The highest BCUT2D eigenvalue weighted by atomic mass is 32.1. The van der Waals surface area contributed by atoms with Crippen molar-refractivity contribution in [3.05, 3.63) is 46.3 Å². The van der Waals surface area contributed by atoms with E-state index in [1.807, 2.05) is 0 Å². The quantitative estimate of drug-likeness (QED) is 0.382. The Kier molecular flexibility index (Phi) is 6.26. The monoisotopic (exact) mass is 453 g/mol. The number of ether oxygens (including phenoxy) is 2. The Bertz CT molecular complexity index is 1190. The molecule has 0 spiro atoms. The number of nitrogens with zero attached hydrogens (tertiary/aromatic N) is 7. The van der Waals surface area contributed by atoms with Crippen molar-refractivity contribution in [3.8, 4) is 0 Å². The van der Waals surface area contributed by atoms with Gasteiger partial charge in [0.2, 0.25) is 0 Å². The van der Waals surface area contributed by atoms with E-state index < -0.39 is 0 Å². The zero-order valence-electron chi connectivity index (χ0n) is 18.4. The molecule has 3 aromatic heterocycles. The van der Waals surface area contributed by atoms with Crippen molar-refractivity contribution in [2.75, 3.05) is 52.0 Å². The van der Waals surface area contributed by atoms with E-state index in [1.165, 1.54) is 16.0 Å². The highest BCUT2D eigenvalue weighted by Gasteiger charge is 2.27. The average Bonchev–Trinajstić information content (AvgIpc) is 3.43. The minimum atomic E-state index is 0.520. The minimum absolute atomic E-state index is 0.520. The van der Waals surface area contributed by atoms with Crippen molar-refractivity contribution in [3.63, 3.8) is 0 Å². The molecule has 0 aliphatic carbocycles. The first-order chi connectivity index (χ1) is 15.8. The zero-order valence-corrected chi connectivity index (χ0v) is 19.2. The molecule has 5 rings (SSSR count). The van der Waals surface area contributed by atoms with Crippen LogP contribution in [0.3, 0.4) is 0 Å². The zero-order chi connectivity index (χ0) is 21.9. The van der Waals surface area contributed by atoms with Crippen molar-refractivity contribution < 1.29 is 9.47 Å². The first kappa shape index (κ1) is 21.2. The Morgan fingerprint density at radius 1 is 1.09 bits per heavy atom. The third kappa shape index (κ3) is 4.06. The largest absolute Gasteiger partial charge is 0.383 e. The van der Waals surface area contributed by atoms with Gasteiger partial charge in [-0.2, -0.15) is 9.50 Å². The summed E-state index contributed by atoms with van der Waals surface area (Å²) < 4.78 is 12.5. The highest BCUT2D eigenvalue weighted by Crippen LogP contribution is 2.40. The van der Waals surface area contributed by atoms with Crippen LogP contribution in [-0.4, -0.2) is 77.0 Å². The van der Waals surface area contributed by atoms with Gasteiger partial charge in [-0.15, -0.1) is 11.3 Å². The number of thiophene rings is 1. The molecule has 9 nitrogen and oxygen atoms in total. The number of hydrogen-bond donors (Lipinski definition) is 0. The lowest BCUT2D eigenvalue weighted by Gasteiger charge is -2.28. The van der Waals surface area contributed by atoms with Crippen LogP contribution >= 0.6 is 11.3 Å². The van der Waals surface area contributed by atoms with Crippen molar-refractivity contribution in [2.45, 2.75) is 19.5 Å². The maximum atomic E-state index is 5.36. The third-order valence-electron chi connectivity index (χ3n) is 5.87. The standard InChI is InChI=1S/C22H27N7O2S/c1-30-12-10-28(11-13-31-2)20-19-17-8-9-27(14-16-6-4-3-5-7-16)15-18(17)32-21(19)29-22(23-20)24-25-26-29/h3-7H,8-15H2,1-2H3. The number of anilines is 1. The van der Waals surface area contributed by atoms with Crippen molar-refractivity contribution in [1.82, 2.24) is 29.9 Å². The molecule has 0 unspecified atom stereocenters. The molecule has 0 amide bonds. The number of aromatic nitrogens is 5. The fraction of sp³-hybridized carbons (Fsp3) is 0.455. The summed E-state index contributed by atoms with van der Waals surface area (Å²) in [6, 6.07) is 10.7. The number of fused-ring (bicyclic) bond motifs is 5. The van der Waals surface area contributed by atoms with Crippen molar-refractivity contribution >= 4 is 33.1 Å². The molecule has 1 aromatic carbocycles. The molecule has 1 aliphatic heterocycles. The molecule has 0 atom stereocenters. The number of tetrazole rings is 1. The Balaban J connectivity index is 1.55. The summed E-state index contributed by atoms with van der Waals surface area (Å²) >= 11 is 1.78. The van der Waals surface area contributed by atoms with Crippen LogP contribution in [0.4, 0.5) is 5.82 Å². The van der Waals surface area contributed by atoms with E-state index in [0.29, 0.717) is 19.0 Å². The molecular formula is C22H27N7O2S. The third-order valence-corrected chi connectivity index (χ3v) is 7.06. The van der Waals surface area contributed by atoms with Crippen LogP contribution in [0, 0.1) is 0 Å². The van der Waals surface area contributed by atoms with Crippen LogP contribution in [0.2, 0.25) is 0 Å². The van der Waals surface area contributed by atoms with Gasteiger partial charge in [0, 0.05) is 51.8 Å². The normalized spacial score (nSPS) is 14.3. The summed E-state index contributed by atoms with van der Waals surface area (Å²) in [6.07, 6.45) is 0.979. The molecule has 0 N–H and O–H groups in total. The Morgan fingerprint density at radius 3 is 2.62 bits per heavy atom. The lowest BCUT2D eigenvalue weighted by atomic mass is 10.0. The van der Waals surface area contributed by atoms with Crippen LogP contribution in [0.1, 0.15) is 16.0 Å². The smallest absolute Gasteiger partial charge is 0.276 e. The van der Waals surface area contributed by atoms with Gasteiger partial charge < -0.3 is 14.4 Å². The molecule has 0 bridgehead atoms. The summed E-state index contributed by atoms with van der Waals surface area (Å²) in [5, 5.41) is 13.4. The van der Waals surface area contributed by atoms with E-state index in [1.54, 1.807) is 30.1 Å². The molecule has 0 radical (unpaired) electrons. The van der Waals surface area contributed by atoms with Crippen LogP contribution in [0.15, 0.2) is 30.3 Å². The van der Waals surface area contributed by atoms with Crippen LogP contribution in [0.5, 0.6) is 0 Å². The predicted molar refractivity (Wildman–Crippen MR) is 124 cm³/mol. The Morgan fingerprint density at radius 2 is 1.88 bits per heavy atom. The summed E-state index contributed by atoms with van der Waals surface area (Å²) in [5.74, 6) is 1.44. The Labute approximate surface area is 190 Å². The second kappa shape index (κ2) is 9.45. The van der Waals surface area contributed by atoms with E-state index in [2.05, 4.69) is 55.7 Å². The summed E-state index contributed by atoms with van der Waals surface area (Å²) in [6.45, 7) is 5.56. The molecule has 4 heterocycles. The average molecular weight is 454 g/mol. The fourth-order valence-corrected chi connectivity index (χ4v) is 5.62. The van der Waals surface area contributed by atoms with Crippen LogP contribution in [-0.2, 0) is 29.0 Å². The second-order valence-corrected chi connectivity index (χ2v) is 9.01. The van der Waals surface area contributed by atoms with E-state index >= 15 is 0 Å². The van der Waals surface area contributed by atoms with Gasteiger partial charge in [-0.1, -0.05) is 35.4 Å². The summed E-state index contributed by atoms with van der Waals surface area (Å²) in [5.41, 5.74) is 2.71. The predicted octanol–water partition coefficient (Wildman–Crippen LogP) is 2.39. The van der Waals surface area contributed by atoms with E-state index in [0.717, 1.165) is 55.2 Å². The summed E-state index contributed by atoms with van der Waals surface area (Å²) in [7, 11) is 3.44. The van der Waals surface area contributed by atoms with Crippen LogP contribution < -0.4 is 4.90 Å². The van der Waals surface area contributed by atoms with Gasteiger partial charge in [-0.05, 0) is 28.0 Å². The maximum Gasteiger partial charge on any atom is 0.276 e. The number of rotatable bonds is 9. The fourth-order valence-electron chi connectivity index (χ4n) is 4.29. The van der Waals surface area contributed by atoms with Gasteiger partial charge in [0.25, 0.3) is 5.78 Å². The van der Waals surface area contributed by atoms with E-state index in [9.17, 15) is 0 Å². The molecule has 10 heteroatoms. The van der Waals surface area contributed by atoms with Crippen LogP contribution in [0.25, 0.3) is 16.0 Å².